The number of benzene rings is 6. The van der Waals surface area contributed by atoms with Gasteiger partial charge in [-0.25, -0.2) is 0 Å². The summed E-state index contributed by atoms with van der Waals surface area (Å²) < 4.78 is 4.83. The summed E-state index contributed by atoms with van der Waals surface area (Å²) in [5, 5.41) is 2.59. The molecule has 3 heteroatoms. The van der Waals surface area contributed by atoms with E-state index in [0.717, 1.165) is 28.4 Å². The highest BCUT2D eigenvalue weighted by atomic mass is 15.1. The fourth-order valence-corrected chi connectivity index (χ4v) is 6.06. The fourth-order valence-electron chi connectivity index (χ4n) is 6.06. The summed E-state index contributed by atoms with van der Waals surface area (Å²) in [6.07, 6.45) is 0. The number of rotatable bonds is 5. The fraction of sp³-hybridized carbons (Fsp3) is 0. The Bertz CT molecular complexity index is 1900. The van der Waals surface area contributed by atoms with Gasteiger partial charge in [0.15, 0.2) is 0 Å². The third kappa shape index (κ3) is 3.30. The Morgan fingerprint density at radius 3 is 1.15 bits per heavy atom. The molecule has 0 radical (unpaired) electrons. The van der Waals surface area contributed by atoms with Crippen molar-refractivity contribution < 1.29 is 0 Å². The van der Waals surface area contributed by atoms with E-state index in [0.29, 0.717) is 0 Å². The van der Waals surface area contributed by atoms with Gasteiger partial charge in [0.2, 0.25) is 0 Å². The second-order valence-corrected chi connectivity index (χ2v) is 9.88. The predicted molar refractivity (Wildman–Crippen MR) is 163 cm³/mol. The number of para-hydroxylation sites is 4. The maximum atomic E-state index is 2.41. The van der Waals surface area contributed by atoms with Gasteiger partial charge in [-0.1, -0.05) is 78.9 Å². The molecule has 0 N–H and O–H groups in total. The molecule has 0 amide bonds. The molecule has 0 saturated heterocycles. The van der Waals surface area contributed by atoms with Gasteiger partial charge >= 0.3 is 0 Å². The molecule has 0 aliphatic heterocycles. The van der Waals surface area contributed by atoms with Crippen molar-refractivity contribution in [2.24, 2.45) is 0 Å². The van der Waals surface area contributed by atoms with E-state index >= 15 is 0 Å². The first-order valence-corrected chi connectivity index (χ1v) is 13.3. The standard InChI is InChI=1S/C36H25N3/c1-5-14-26(15-6-1)37(27-16-7-2-8-17-27)30-24-33-36-34(25-30)39(29-20-11-4-12-21-29)32-23-13-22-31(35(32)36)38(33)28-18-9-3-10-19-28/h1-25H. The van der Waals surface area contributed by atoms with Crippen molar-refractivity contribution in [1.82, 2.24) is 9.13 Å². The molecule has 39 heavy (non-hydrogen) atoms. The van der Waals surface area contributed by atoms with Crippen LogP contribution in [0, 0.1) is 0 Å². The van der Waals surface area contributed by atoms with Gasteiger partial charge in [0.05, 0.1) is 27.8 Å². The van der Waals surface area contributed by atoms with Gasteiger partial charge in [-0.05, 0) is 72.8 Å². The van der Waals surface area contributed by atoms with Crippen LogP contribution in [0.25, 0.3) is 44.2 Å². The minimum atomic E-state index is 1.12. The maximum absolute atomic E-state index is 2.41. The smallest absolute Gasteiger partial charge is 0.0583 e. The highest BCUT2D eigenvalue weighted by Crippen LogP contribution is 2.46. The molecule has 3 nitrogen and oxygen atoms in total. The molecule has 8 aromatic rings. The second kappa shape index (κ2) is 8.64. The Hall–Kier alpha value is -5.28. The van der Waals surface area contributed by atoms with Crippen LogP contribution >= 0.6 is 0 Å². The molecule has 0 fully saturated rings. The van der Waals surface area contributed by atoms with Crippen molar-refractivity contribution in [1.29, 1.82) is 0 Å². The first-order chi connectivity index (χ1) is 19.4. The lowest BCUT2D eigenvalue weighted by Gasteiger charge is -2.26. The van der Waals surface area contributed by atoms with E-state index in [4.69, 9.17) is 0 Å². The molecule has 0 bridgehead atoms. The van der Waals surface area contributed by atoms with E-state index in [-0.39, 0.29) is 0 Å². The van der Waals surface area contributed by atoms with Crippen LogP contribution in [0.2, 0.25) is 0 Å². The van der Waals surface area contributed by atoms with Crippen LogP contribution in [-0.4, -0.2) is 9.13 Å². The normalized spacial score (nSPS) is 11.6. The van der Waals surface area contributed by atoms with Crippen LogP contribution in [0.1, 0.15) is 0 Å². The van der Waals surface area contributed by atoms with Crippen LogP contribution < -0.4 is 4.90 Å². The first-order valence-electron chi connectivity index (χ1n) is 13.3. The van der Waals surface area contributed by atoms with Crippen molar-refractivity contribution in [3.05, 3.63) is 152 Å². The molecule has 8 rings (SSSR count). The minimum absolute atomic E-state index is 1.12. The van der Waals surface area contributed by atoms with Gasteiger partial charge in [-0.15, -0.1) is 0 Å². The van der Waals surface area contributed by atoms with Crippen LogP contribution in [0.4, 0.5) is 17.1 Å². The molecule has 2 aromatic heterocycles. The molecule has 184 valence electrons. The minimum Gasteiger partial charge on any atom is -0.310 e. The number of aromatic nitrogens is 2. The zero-order chi connectivity index (χ0) is 25.8. The summed E-state index contributed by atoms with van der Waals surface area (Å²) in [4.78, 5) is 2.35. The van der Waals surface area contributed by atoms with Crippen LogP contribution in [0.5, 0.6) is 0 Å². The summed E-state index contributed by atoms with van der Waals surface area (Å²) in [6, 6.07) is 54.0. The van der Waals surface area contributed by atoms with Gasteiger partial charge in [0.25, 0.3) is 0 Å². The summed E-state index contributed by atoms with van der Waals surface area (Å²) >= 11 is 0. The van der Waals surface area contributed by atoms with E-state index in [1.807, 2.05) is 0 Å². The summed E-state index contributed by atoms with van der Waals surface area (Å²) in [6.45, 7) is 0. The van der Waals surface area contributed by atoms with E-state index in [1.54, 1.807) is 0 Å². The monoisotopic (exact) mass is 499 g/mol. The Kier molecular flexibility index (Phi) is 4.82. The highest BCUT2D eigenvalue weighted by Gasteiger charge is 2.25. The maximum Gasteiger partial charge on any atom is 0.0583 e. The third-order valence-corrected chi connectivity index (χ3v) is 7.63. The van der Waals surface area contributed by atoms with Gasteiger partial charge in [0.1, 0.15) is 0 Å². The Morgan fingerprint density at radius 1 is 0.333 bits per heavy atom. The second-order valence-electron chi connectivity index (χ2n) is 9.88. The number of hydrogen-bond acceptors (Lipinski definition) is 1. The number of hydrogen-bond donors (Lipinski definition) is 0. The molecular weight excluding hydrogens is 474 g/mol. The molecule has 0 unspecified atom stereocenters. The van der Waals surface area contributed by atoms with Crippen molar-refractivity contribution >= 4 is 49.9 Å². The van der Waals surface area contributed by atoms with E-state index < -0.39 is 0 Å². The summed E-state index contributed by atoms with van der Waals surface area (Å²) in [5.74, 6) is 0. The molecule has 2 heterocycles. The third-order valence-electron chi connectivity index (χ3n) is 7.63. The Balaban J connectivity index is 1.54. The lowest BCUT2D eigenvalue weighted by molar-refractivity contribution is 1.15. The molecule has 0 aliphatic rings. The zero-order valence-corrected chi connectivity index (χ0v) is 21.3. The topological polar surface area (TPSA) is 13.1 Å². The molecule has 6 aromatic carbocycles. The van der Waals surface area contributed by atoms with Gasteiger partial charge in [-0.3, -0.25) is 0 Å². The zero-order valence-electron chi connectivity index (χ0n) is 21.3. The first kappa shape index (κ1) is 21.8. The predicted octanol–water partition coefficient (Wildman–Crippen LogP) is 9.64. The molecule has 0 saturated carbocycles. The lowest BCUT2D eigenvalue weighted by atomic mass is 10.1. The lowest BCUT2D eigenvalue weighted by Crippen LogP contribution is -2.10. The van der Waals surface area contributed by atoms with Gasteiger partial charge in [-0.2, -0.15) is 0 Å². The average Bonchev–Trinajstić information content (AvgIpc) is 3.53. The van der Waals surface area contributed by atoms with Gasteiger partial charge in [0, 0.05) is 33.5 Å². The summed E-state index contributed by atoms with van der Waals surface area (Å²) in [7, 11) is 0. The SMILES string of the molecule is c1ccc(N(c2ccccc2)c2cc3c4c5c(cccc5n(-c5ccccc5)c4c2)n3-c2ccccc2)cc1. The Labute approximate surface area is 226 Å². The molecule has 0 atom stereocenters. The van der Waals surface area contributed by atoms with Crippen LogP contribution in [0.15, 0.2) is 152 Å². The largest absolute Gasteiger partial charge is 0.310 e. The van der Waals surface area contributed by atoms with Gasteiger partial charge < -0.3 is 14.0 Å². The van der Waals surface area contributed by atoms with Crippen molar-refractivity contribution in [3.63, 3.8) is 0 Å². The quantitative estimate of drug-likeness (QED) is 0.230. The highest BCUT2D eigenvalue weighted by molar-refractivity contribution is 6.26. The number of nitrogens with zero attached hydrogens (tertiary/aromatic N) is 3. The Morgan fingerprint density at radius 2 is 0.718 bits per heavy atom. The molecule has 0 aliphatic carbocycles. The molecule has 0 spiro atoms. The van der Waals surface area contributed by atoms with Crippen molar-refractivity contribution in [3.8, 4) is 11.4 Å². The summed E-state index contributed by atoms with van der Waals surface area (Å²) in [5.41, 5.74) is 10.5. The van der Waals surface area contributed by atoms with E-state index in [1.165, 1.54) is 32.8 Å². The van der Waals surface area contributed by atoms with Crippen molar-refractivity contribution in [2.45, 2.75) is 0 Å². The van der Waals surface area contributed by atoms with Crippen LogP contribution in [0.3, 0.4) is 0 Å². The van der Waals surface area contributed by atoms with Crippen molar-refractivity contribution in [2.75, 3.05) is 4.90 Å². The van der Waals surface area contributed by atoms with Crippen LogP contribution in [-0.2, 0) is 0 Å². The number of anilines is 3. The molecular formula is C36H25N3. The van der Waals surface area contributed by atoms with E-state index in [9.17, 15) is 0 Å². The average molecular weight is 500 g/mol. The van der Waals surface area contributed by atoms with E-state index in [2.05, 4.69) is 166 Å².